The normalized spacial score (nSPS) is 10.8. The minimum Gasteiger partial charge on any atom is -0.463 e. The molecule has 0 amide bonds. The Morgan fingerprint density at radius 2 is 0.955 bits per heavy atom. The summed E-state index contributed by atoms with van der Waals surface area (Å²) in [5.74, 6) is -0.302. The van der Waals surface area contributed by atoms with E-state index in [4.69, 9.17) is 34.2 Å². The van der Waals surface area contributed by atoms with Gasteiger partial charge in [0.15, 0.2) is 0 Å². The highest BCUT2D eigenvalue weighted by Gasteiger charge is 1.94. The fourth-order valence-electron chi connectivity index (χ4n) is 1.31. The first-order valence-electron chi connectivity index (χ1n) is 7.49. The van der Waals surface area contributed by atoms with Crippen LogP contribution in [0, 0.1) is 0 Å². The Morgan fingerprint density at radius 1 is 0.636 bits per heavy atom. The number of esters is 1. The van der Waals surface area contributed by atoms with Crippen molar-refractivity contribution in [1.29, 1.82) is 0 Å². The molecule has 0 aliphatic rings. The second kappa shape index (κ2) is 18.3. The van der Waals surface area contributed by atoms with Crippen molar-refractivity contribution in [3.8, 4) is 0 Å². The zero-order chi connectivity index (χ0) is 16.3. The molecule has 0 aromatic rings. The third-order valence-electron chi connectivity index (χ3n) is 2.28. The van der Waals surface area contributed by atoms with E-state index in [1.807, 2.05) is 0 Å². The Labute approximate surface area is 132 Å². The van der Waals surface area contributed by atoms with Gasteiger partial charge in [0.2, 0.25) is 0 Å². The molecule has 0 unspecified atom stereocenters. The summed E-state index contributed by atoms with van der Waals surface area (Å²) < 4.78 is 31.0. The molecule has 0 fully saturated rings. The van der Waals surface area contributed by atoms with Gasteiger partial charge in [0.25, 0.3) is 0 Å². The van der Waals surface area contributed by atoms with Gasteiger partial charge >= 0.3 is 5.97 Å². The first-order chi connectivity index (χ1) is 10.8. The number of rotatable bonds is 17. The average molecular weight is 323 g/mol. The molecule has 22 heavy (non-hydrogen) atoms. The largest absolute Gasteiger partial charge is 0.463 e. The van der Waals surface area contributed by atoms with Gasteiger partial charge in [-0.2, -0.15) is 0 Å². The van der Waals surface area contributed by atoms with Crippen LogP contribution in [0.2, 0.25) is 0 Å². The van der Waals surface area contributed by atoms with E-state index >= 15 is 0 Å². The Bertz CT molecular complexity index is 241. The zero-order valence-electron chi connectivity index (χ0n) is 13.4. The van der Waals surface area contributed by atoms with E-state index in [1.165, 1.54) is 6.92 Å². The maximum atomic E-state index is 10.5. The van der Waals surface area contributed by atoms with Gasteiger partial charge in [0.05, 0.1) is 66.1 Å². The summed E-state index contributed by atoms with van der Waals surface area (Å²) in [6.07, 6.45) is 0. The van der Waals surface area contributed by atoms with Gasteiger partial charge in [0, 0.05) is 13.5 Å². The van der Waals surface area contributed by atoms with Crippen LogP contribution < -0.4 is 5.73 Å². The summed E-state index contributed by atoms with van der Waals surface area (Å²) in [6, 6.07) is 0. The average Bonchev–Trinajstić information content (AvgIpc) is 2.50. The van der Waals surface area contributed by atoms with E-state index in [0.29, 0.717) is 72.6 Å². The summed E-state index contributed by atoms with van der Waals surface area (Å²) in [5, 5.41) is 0. The third-order valence-corrected chi connectivity index (χ3v) is 2.28. The highest BCUT2D eigenvalue weighted by molar-refractivity contribution is 5.65. The number of carbonyl (C=O) groups excluding carboxylic acids is 1. The monoisotopic (exact) mass is 323 g/mol. The van der Waals surface area contributed by atoms with E-state index in [-0.39, 0.29) is 12.6 Å². The fourth-order valence-corrected chi connectivity index (χ4v) is 1.31. The molecular formula is C14H29NO7. The minimum absolute atomic E-state index is 0.274. The lowest BCUT2D eigenvalue weighted by atomic mass is 10.6. The van der Waals surface area contributed by atoms with Crippen LogP contribution in [-0.2, 0) is 33.2 Å². The zero-order valence-corrected chi connectivity index (χ0v) is 13.4. The first kappa shape index (κ1) is 21.2. The predicted molar refractivity (Wildman–Crippen MR) is 79.8 cm³/mol. The van der Waals surface area contributed by atoms with Crippen LogP contribution in [0.1, 0.15) is 6.92 Å². The SMILES string of the molecule is CC(=O)OCCOCCOCCOCCOCCOCCN. The standard InChI is InChI=1S/C14H29NO7/c1-14(16)22-13-12-21-11-10-20-9-8-19-7-6-18-5-4-17-3-2-15/h2-13,15H2,1H3. The Balaban J connectivity index is 2.95. The van der Waals surface area contributed by atoms with Crippen molar-refractivity contribution in [2.45, 2.75) is 6.92 Å². The van der Waals surface area contributed by atoms with Crippen LogP contribution in [0.3, 0.4) is 0 Å². The van der Waals surface area contributed by atoms with Gasteiger partial charge in [-0.3, -0.25) is 4.79 Å². The minimum atomic E-state index is -0.302. The summed E-state index contributed by atoms with van der Waals surface area (Å²) in [7, 11) is 0. The van der Waals surface area contributed by atoms with Gasteiger partial charge in [-0.15, -0.1) is 0 Å². The molecule has 0 radical (unpaired) electrons. The molecule has 0 saturated carbocycles. The van der Waals surface area contributed by atoms with Gasteiger partial charge in [-0.25, -0.2) is 0 Å². The molecule has 0 bridgehead atoms. The molecular weight excluding hydrogens is 294 g/mol. The summed E-state index contributed by atoms with van der Waals surface area (Å²) in [4.78, 5) is 10.5. The lowest BCUT2D eigenvalue weighted by molar-refractivity contribution is -0.142. The van der Waals surface area contributed by atoms with E-state index in [9.17, 15) is 4.79 Å². The second-order valence-electron chi connectivity index (χ2n) is 4.19. The molecule has 132 valence electrons. The molecule has 0 heterocycles. The molecule has 0 aromatic heterocycles. The summed E-state index contributed by atoms with van der Waals surface area (Å²) in [6.45, 7) is 7.24. The molecule has 8 heteroatoms. The van der Waals surface area contributed by atoms with E-state index < -0.39 is 0 Å². The highest BCUT2D eigenvalue weighted by Crippen LogP contribution is 1.84. The number of carbonyl (C=O) groups is 1. The molecule has 8 nitrogen and oxygen atoms in total. The van der Waals surface area contributed by atoms with Crippen molar-refractivity contribution in [3.63, 3.8) is 0 Å². The van der Waals surface area contributed by atoms with Crippen molar-refractivity contribution in [3.05, 3.63) is 0 Å². The van der Waals surface area contributed by atoms with Crippen LogP contribution in [0.25, 0.3) is 0 Å². The Morgan fingerprint density at radius 3 is 1.27 bits per heavy atom. The Kier molecular flexibility index (Phi) is 17.6. The van der Waals surface area contributed by atoms with Crippen molar-refractivity contribution in [1.82, 2.24) is 0 Å². The van der Waals surface area contributed by atoms with Gasteiger partial charge in [-0.1, -0.05) is 0 Å². The van der Waals surface area contributed by atoms with E-state index in [2.05, 4.69) is 0 Å². The molecule has 0 aliphatic carbocycles. The Hall–Kier alpha value is -0.770. The van der Waals surface area contributed by atoms with Crippen LogP contribution in [0.15, 0.2) is 0 Å². The van der Waals surface area contributed by atoms with Crippen molar-refractivity contribution in [2.75, 3.05) is 79.2 Å². The number of ether oxygens (including phenoxy) is 6. The third kappa shape index (κ3) is 19.2. The number of hydrogen-bond donors (Lipinski definition) is 1. The molecule has 2 N–H and O–H groups in total. The summed E-state index contributed by atoms with van der Waals surface area (Å²) in [5.41, 5.74) is 5.28. The maximum absolute atomic E-state index is 10.5. The second-order valence-corrected chi connectivity index (χ2v) is 4.19. The molecule has 0 atom stereocenters. The lowest BCUT2D eigenvalue weighted by Crippen LogP contribution is -2.15. The number of hydrogen-bond acceptors (Lipinski definition) is 8. The topological polar surface area (TPSA) is 98.5 Å². The summed E-state index contributed by atoms with van der Waals surface area (Å²) >= 11 is 0. The van der Waals surface area contributed by atoms with Crippen LogP contribution in [0.5, 0.6) is 0 Å². The van der Waals surface area contributed by atoms with Gasteiger partial charge in [-0.05, 0) is 0 Å². The maximum Gasteiger partial charge on any atom is 0.302 e. The number of nitrogens with two attached hydrogens (primary N) is 1. The smallest absolute Gasteiger partial charge is 0.302 e. The molecule has 0 aliphatic heterocycles. The van der Waals surface area contributed by atoms with Crippen molar-refractivity contribution >= 4 is 5.97 Å². The molecule has 0 rings (SSSR count). The van der Waals surface area contributed by atoms with Crippen LogP contribution in [0.4, 0.5) is 0 Å². The van der Waals surface area contributed by atoms with Gasteiger partial charge in [0.1, 0.15) is 6.61 Å². The van der Waals surface area contributed by atoms with Crippen LogP contribution in [-0.4, -0.2) is 85.2 Å². The fraction of sp³-hybridized carbons (Fsp3) is 0.929. The lowest BCUT2D eigenvalue weighted by Gasteiger charge is -2.07. The van der Waals surface area contributed by atoms with Crippen molar-refractivity contribution < 1.29 is 33.2 Å². The molecule has 0 saturated heterocycles. The highest BCUT2D eigenvalue weighted by atomic mass is 16.6. The van der Waals surface area contributed by atoms with E-state index in [0.717, 1.165) is 0 Å². The molecule has 0 aromatic carbocycles. The first-order valence-corrected chi connectivity index (χ1v) is 7.49. The predicted octanol–water partition coefficient (Wildman–Crippen LogP) is -0.409. The van der Waals surface area contributed by atoms with Crippen molar-refractivity contribution in [2.24, 2.45) is 5.73 Å². The van der Waals surface area contributed by atoms with Gasteiger partial charge < -0.3 is 34.2 Å². The van der Waals surface area contributed by atoms with E-state index in [1.54, 1.807) is 0 Å². The molecule has 0 spiro atoms. The quantitative estimate of drug-likeness (QED) is 0.285. The van der Waals surface area contributed by atoms with Crippen LogP contribution >= 0.6 is 0 Å².